The van der Waals surface area contributed by atoms with Gasteiger partial charge >= 0.3 is 12.0 Å². The number of carboxylic acids is 1. The minimum absolute atomic E-state index is 0.0836. The molecule has 0 aromatic rings. The second kappa shape index (κ2) is 5.61. The Morgan fingerprint density at radius 1 is 1.26 bits per heavy atom. The molecule has 2 fully saturated rings. The van der Waals surface area contributed by atoms with Gasteiger partial charge < -0.3 is 14.9 Å². The van der Waals surface area contributed by atoms with Crippen LogP contribution in [0, 0.1) is 5.41 Å². The van der Waals surface area contributed by atoms with Crippen LogP contribution >= 0.6 is 11.8 Å². The van der Waals surface area contributed by atoms with Gasteiger partial charge in [-0.25, -0.2) is 4.79 Å². The molecule has 6 heteroatoms. The number of aliphatic carboxylic acids is 1. The zero-order chi connectivity index (χ0) is 14.0. The summed E-state index contributed by atoms with van der Waals surface area (Å²) in [6, 6.07) is 0.360. The van der Waals surface area contributed by atoms with Gasteiger partial charge in [0.15, 0.2) is 0 Å². The summed E-state index contributed by atoms with van der Waals surface area (Å²) in [4.78, 5) is 27.4. The molecule has 2 rings (SSSR count). The second-order valence-corrected chi connectivity index (χ2v) is 6.90. The van der Waals surface area contributed by atoms with Crippen LogP contribution in [0.2, 0.25) is 0 Å². The van der Waals surface area contributed by atoms with Gasteiger partial charge in [0.05, 0.1) is 5.41 Å². The molecule has 2 aliphatic heterocycles. The van der Waals surface area contributed by atoms with Crippen molar-refractivity contribution in [3.63, 3.8) is 0 Å². The van der Waals surface area contributed by atoms with Gasteiger partial charge in [-0.15, -0.1) is 0 Å². The van der Waals surface area contributed by atoms with Crippen LogP contribution in [0.5, 0.6) is 0 Å². The third-order valence-corrected chi connectivity index (χ3v) is 5.46. The highest BCUT2D eigenvalue weighted by molar-refractivity contribution is 7.99. The minimum atomic E-state index is -0.748. The molecule has 0 aromatic carbocycles. The highest BCUT2D eigenvalue weighted by Gasteiger charge is 2.39. The lowest BCUT2D eigenvalue weighted by molar-refractivity contribution is -0.150. The number of urea groups is 1. The first kappa shape index (κ1) is 14.5. The fourth-order valence-electron chi connectivity index (χ4n) is 2.60. The fraction of sp³-hybridized carbons (Fsp3) is 0.846. The molecule has 0 spiro atoms. The number of carbonyl (C=O) groups is 2. The van der Waals surface area contributed by atoms with Crippen molar-refractivity contribution >= 4 is 23.8 Å². The normalized spacial score (nSPS) is 27.2. The SMILES string of the molecule is CC1CSCCN1C(=O)N1CCC(C)(C(=O)O)CC1. The monoisotopic (exact) mass is 286 g/mol. The molecule has 5 nitrogen and oxygen atoms in total. The molecule has 19 heavy (non-hydrogen) atoms. The van der Waals surface area contributed by atoms with Gasteiger partial charge in [-0.2, -0.15) is 11.8 Å². The molecule has 2 saturated heterocycles. The Hall–Kier alpha value is -0.910. The number of amides is 2. The number of hydrogen-bond donors (Lipinski definition) is 1. The molecule has 0 saturated carbocycles. The van der Waals surface area contributed by atoms with Crippen molar-refractivity contribution in [1.29, 1.82) is 0 Å². The van der Waals surface area contributed by atoms with E-state index in [1.165, 1.54) is 0 Å². The summed E-state index contributed by atoms with van der Waals surface area (Å²) >= 11 is 1.88. The maximum absolute atomic E-state index is 12.4. The van der Waals surface area contributed by atoms with Gasteiger partial charge in [-0.1, -0.05) is 0 Å². The Bertz CT molecular complexity index is 367. The maximum Gasteiger partial charge on any atom is 0.320 e. The number of rotatable bonds is 1. The predicted octanol–water partition coefficient (Wildman–Crippen LogP) is 1.73. The quantitative estimate of drug-likeness (QED) is 0.797. The van der Waals surface area contributed by atoms with E-state index in [9.17, 15) is 14.7 Å². The average molecular weight is 286 g/mol. The number of likely N-dealkylation sites (tertiary alicyclic amines) is 1. The van der Waals surface area contributed by atoms with Crippen LogP contribution in [0.4, 0.5) is 4.79 Å². The summed E-state index contributed by atoms with van der Waals surface area (Å²) < 4.78 is 0. The molecule has 1 unspecified atom stereocenters. The highest BCUT2D eigenvalue weighted by Crippen LogP contribution is 2.31. The molecule has 0 radical (unpaired) electrons. The lowest BCUT2D eigenvalue weighted by Crippen LogP contribution is -2.54. The number of carboxylic acid groups (broad SMARTS) is 1. The Morgan fingerprint density at radius 3 is 2.42 bits per heavy atom. The summed E-state index contributed by atoms with van der Waals surface area (Å²) in [5, 5.41) is 9.20. The van der Waals surface area contributed by atoms with E-state index in [1.54, 1.807) is 6.92 Å². The van der Waals surface area contributed by atoms with Gasteiger partial charge in [0.25, 0.3) is 0 Å². The summed E-state index contributed by atoms with van der Waals surface area (Å²) in [6.45, 7) is 5.76. The number of nitrogens with zero attached hydrogens (tertiary/aromatic N) is 2. The van der Waals surface area contributed by atoms with E-state index in [-0.39, 0.29) is 12.1 Å². The summed E-state index contributed by atoms with van der Waals surface area (Å²) in [6.07, 6.45) is 1.09. The van der Waals surface area contributed by atoms with Crippen molar-refractivity contribution in [2.75, 3.05) is 31.1 Å². The van der Waals surface area contributed by atoms with Crippen LogP contribution < -0.4 is 0 Å². The lowest BCUT2D eigenvalue weighted by atomic mass is 9.80. The summed E-state index contributed by atoms with van der Waals surface area (Å²) in [5.41, 5.74) is -0.667. The predicted molar refractivity (Wildman–Crippen MR) is 75.4 cm³/mol. The molecule has 108 valence electrons. The first-order valence-corrected chi connectivity index (χ1v) is 7.96. The largest absolute Gasteiger partial charge is 0.481 e. The van der Waals surface area contributed by atoms with Crippen LogP contribution in [0.1, 0.15) is 26.7 Å². The summed E-state index contributed by atoms with van der Waals surface area (Å²) in [7, 11) is 0. The zero-order valence-electron chi connectivity index (χ0n) is 11.6. The molecule has 0 aromatic heterocycles. The molecule has 0 bridgehead atoms. The second-order valence-electron chi connectivity index (χ2n) is 5.75. The third kappa shape index (κ3) is 2.99. The smallest absolute Gasteiger partial charge is 0.320 e. The Balaban J connectivity index is 1.94. The number of hydrogen-bond acceptors (Lipinski definition) is 3. The maximum atomic E-state index is 12.4. The van der Waals surface area contributed by atoms with Gasteiger partial charge in [-0.05, 0) is 26.7 Å². The molecular weight excluding hydrogens is 264 g/mol. The molecule has 0 aliphatic carbocycles. The minimum Gasteiger partial charge on any atom is -0.481 e. The van der Waals surface area contributed by atoms with E-state index >= 15 is 0 Å². The van der Waals surface area contributed by atoms with Crippen molar-refractivity contribution in [1.82, 2.24) is 9.80 Å². The van der Waals surface area contributed by atoms with Gasteiger partial charge in [-0.3, -0.25) is 4.79 Å². The van der Waals surface area contributed by atoms with E-state index in [0.29, 0.717) is 25.9 Å². The van der Waals surface area contributed by atoms with Crippen molar-refractivity contribution < 1.29 is 14.7 Å². The number of piperidine rings is 1. The molecular formula is C13H22N2O3S. The molecule has 1 N–H and O–H groups in total. The van der Waals surface area contributed by atoms with Gasteiger partial charge in [0, 0.05) is 37.2 Å². The van der Waals surface area contributed by atoms with E-state index in [0.717, 1.165) is 18.1 Å². The van der Waals surface area contributed by atoms with Crippen LogP contribution in [0.15, 0.2) is 0 Å². The van der Waals surface area contributed by atoms with Crippen LogP contribution in [-0.4, -0.2) is 64.1 Å². The lowest BCUT2D eigenvalue weighted by Gasteiger charge is -2.41. The Labute approximate surface area is 118 Å². The molecule has 2 aliphatic rings. The van der Waals surface area contributed by atoms with Crippen molar-refractivity contribution in [3.05, 3.63) is 0 Å². The topological polar surface area (TPSA) is 60.9 Å². The standard InChI is InChI=1S/C13H22N2O3S/c1-10-9-19-8-7-15(10)12(18)14-5-3-13(2,4-6-14)11(16)17/h10H,3-9H2,1-2H3,(H,16,17). The molecule has 2 amide bonds. The number of thioether (sulfide) groups is 1. The van der Waals surface area contributed by atoms with Crippen LogP contribution in [-0.2, 0) is 4.79 Å². The number of carbonyl (C=O) groups excluding carboxylic acids is 1. The van der Waals surface area contributed by atoms with Crippen LogP contribution in [0.25, 0.3) is 0 Å². The van der Waals surface area contributed by atoms with E-state index in [1.807, 2.05) is 21.6 Å². The first-order valence-electron chi connectivity index (χ1n) is 6.81. The molecule has 2 heterocycles. The molecule has 1 atom stereocenters. The Morgan fingerprint density at radius 2 is 1.89 bits per heavy atom. The first-order chi connectivity index (χ1) is 8.94. The van der Waals surface area contributed by atoms with Crippen molar-refractivity contribution in [2.45, 2.75) is 32.7 Å². The van der Waals surface area contributed by atoms with E-state index in [2.05, 4.69) is 6.92 Å². The van der Waals surface area contributed by atoms with Gasteiger partial charge in [0.1, 0.15) is 0 Å². The zero-order valence-corrected chi connectivity index (χ0v) is 12.4. The third-order valence-electron chi connectivity index (χ3n) is 4.27. The van der Waals surface area contributed by atoms with E-state index < -0.39 is 11.4 Å². The highest BCUT2D eigenvalue weighted by atomic mass is 32.2. The summed E-state index contributed by atoms with van der Waals surface area (Å²) in [5.74, 6) is 1.24. The van der Waals surface area contributed by atoms with Gasteiger partial charge in [0.2, 0.25) is 0 Å². The van der Waals surface area contributed by atoms with E-state index in [4.69, 9.17) is 0 Å². The van der Waals surface area contributed by atoms with Crippen molar-refractivity contribution in [3.8, 4) is 0 Å². The fourth-order valence-corrected chi connectivity index (χ4v) is 3.61. The average Bonchev–Trinajstić information content (AvgIpc) is 2.39. The van der Waals surface area contributed by atoms with Crippen molar-refractivity contribution in [2.24, 2.45) is 5.41 Å². The Kier molecular flexibility index (Phi) is 4.28. The van der Waals surface area contributed by atoms with Crippen LogP contribution in [0.3, 0.4) is 0 Å².